The molecule has 0 spiro atoms. The quantitative estimate of drug-likeness (QED) is 0.227. The first-order valence-electron chi connectivity index (χ1n) is 15.0. The molecule has 0 saturated carbocycles. The second-order valence-electron chi connectivity index (χ2n) is 10.6. The Morgan fingerprint density at radius 1 is 0.933 bits per heavy atom. The molecule has 1 aliphatic rings. The maximum absolute atomic E-state index is 15.5. The Labute approximate surface area is 261 Å². The van der Waals surface area contributed by atoms with Crippen LogP contribution in [0.25, 0.3) is 11.3 Å². The molecule has 45 heavy (non-hydrogen) atoms. The zero-order valence-electron chi connectivity index (χ0n) is 25.5. The first-order chi connectivity index (χ1) is 21.7. The predicted molar refractivity (Wildman–Crippen MR) is 171 cm³/mol. The molecule has 232 valence electrons. The topological polar surface area (TPSA) is 87.5 Å². The van der Waals surface area contributed by atoms with Gasteiger partial charge in [0.1, 0.15) is 5.82 Å². The lowest BCUT2D eigenvalue weighted by molar-refractivity contribution is -0.125. The average molecular weight is 612 g/mol. The molecule has 1 aromatic heterocycles. The molecule has 0 saturated heterocycles. The molecule has 0 unspecified atom stereocenters. The first kappa shape index (κ1) is 31.3. The van der Waals surface area contributed by atoms with Gasteiger partial charge >= 0.3 is 0 Å². The number of aryl methyl sites for hydroxylation is 1. The van der Waals surface area contributed by atoms with Crippen LogP contribution in [0, 0.1) is 0 Å². The van der Waals surface area contributed by atoms with E-state index in [0.717, 1.165) is 11.9 Å². The van der Waals surface area contributed by atoms with Crippen LogP contribution in [0.2, 0.25) is 0 Å². The van der Waals surface area contributed by atoms with Gasteiger partial charge in [0.05, 0.1) is 16.9 Å². The molecule has 3 amide bonds. The molecule has 5 rings (SSSR count). The highest BCUT2D eigenvalue weighted by Gasteiger charge is 2.41. The van der Waals surface area contributed by atoms with Crippen LogP contribution in [-0.4, -0.2) is 57.7 Å². The normalized spacial score (nSPS) is 14.9. The van der Waals surface area contributed by atoms with Gasteiger partial charge in [-0.3, -0.25) is 14.4 Å². The monoisotopic (exact) mass is 611 g/mol. The maximum Gasteiger partial charge on any atom is 0.275 e. The number of imidazole rings is 1. The number of allylic oxidation sites excluding steroid dienone is 1. The third-order valence-electron chi connectivity index (χ3n) is 7.95. The Bertz CT molecular complexity index is 1740. The van der Waals surface area contributed by atoms with E-state index in [1.807, 2.05) is 29.8 Å². The van der Waals surface area contributed by atoms with Gasteiger partial charge in [0, 0.05) is 73.3 Å². The second-order valence-corrected chi connectivity index (χ2v) is 10.6. The highest BCUT2D eigenvalue weighted by Crippen LogP contribution is 2.43. The number of alkyl halides is 2. The van der Waals surface area contributed by atoms with Crippen molar-refractivity contribution in [3.05, 3.63) is 114 Å². The fourth-order valence-corrected chi connectivity index (χ4v) is 5.53. The molecule has 1 N–H and O–H groups in total. The van der Waals surface area contributed by atoms with Gasteiger partial charge in [-0.25, -0.2) is 13.8 Å². The molecule has 0 bridgehead atoms. The van der Waals surface area contributed by atoms with Crippen LogP contribution in [0.1, 0.15) is 59.3 Å². The van der Waals surface area contributed by atoms with Crippen LogP contribution in [-0.2, 0) is 11.2 Å². The first-order valence-corrected chi connectivity index (χ1v) is 15.0. The highest BCUT2D eigenvalue weighted by atomic mass is 19.3. The maximum atomic E-state index is 15.5. The number of rotatable bonds is 8. The minimum absolute atomic E-state index is 0.139. The Morgan fingerprint density at radius 2 is 1.60 bits per heavy atom. The van der Waals surface area contributed by atoms with E-state index in [2.05, 4.69) is 10.3 Å². The van der Waals surface area contributed by atoms with E-state index >= 15 is 8.78 Å². The molecule has 8 nitrogen and oxygen atoms in total. The van der Waals surface area contributed by atoms with Crippen LogP contribution < -0.4 is 10.2 Å². The fourth-order valence-electron chi connectivity index (χ4n) is 5.53. The minimum Gasteiger partial charge on any atom is -0.340 e. The molecule has 2 heterocycles. The van der Waals surface area contributed by atoms with Gasteiger partial charge in [-0.1, -0.05) is 37.3 Å². The third-order valence-corrected chi connectivity index (χ3v) is 7.95. The Hall–Kier alpha value is -5.12. The van der Waals surface area contributed by atoms with Crippen molar-refractivity contribution in [3.63, 3.8) is 0 Å². The number of amides is 3. The minimum atomic E-state index is -3.33. The number of likely N-dealkylation sites (N-methyl/N-ethyl adjacent to an activating group) is 1. The Kier molecular flexibility index (Phi) is 9.22. The van der Waals surface area contributed by atoms with E-state index in [4.69, 9.17) is 0 Å². The van der Waals surface area contributed by atoms with Gasteiger partial charge in [0.15, 0.2) is 0 Å². The molecule has 3 aromatic carbocycles. The van der Waals surface area contributed by atoms with Gasteiger partial charge in [0.25, 0.3) is 17.7 Å². The van der Waals surface area contributed by atoms with Crippen LogP contribution in [0.3, 0.4) is 0 Å². The van der Waals surface area contributed by atoms with Crippen molar-refractivity contribution in [2.24, 2.45) is 0 Å². The average Bonchev–Trinajstić information content (AvgIpc) is 3.50. The van der Waals surface area contributed by atoms with Crippen LogP contribution in [0.4, 0.5) is 20.2 Å². The lowest BCUT2D eigenvalue weighted by Crippen LogP contribution is -2.33. The Balaban J connectivity index is 1.39. The van der Waals surface area contributed by atoms with Crippen LogP contribution >= 0.6 is 0 Å². The van der Waals surface area contributed by atoms with Crippen molar-refractivity contribution >= 4 is 34.7 Å². The molecule has 10 heteroatoms. The van der Waals surface area contributed by atoms with Gasteiger partial charge in [-0.15, -0.1) is 0 Å². The molecule has 0 radical (unpaired) electrons. The molecule has 0 fully saturated rings. The third kappa shape index (κ3) is 6.40. The summed E-state index contributed by atoms with van der Waals surface area (Å²) in [5.74, 6) is -3.80. The molecule has 1 aliphatic heterocycles. The number of anilines is 2. The number of halogens is 2. The molecular formula is C35H35F2N5O3. The summed E-state index contributed by atoms with van der Waals surface area (Å²) in [5, 5.41) is 2.88. The van der Waals surface area contributed by atoms with E-state index in [9.17, 15) is 14.4 Å². The number of hydrogen-bond acceptors (Lipinski definition) is 4. The number of fused-ring (bicyclic) bond motifs is 1. The summed E-state index contributed by atoms with van der Waals surface area (Å²) in [6, 6.07) is 20.0. The molecule has 0 atom stereocenters. The number of hydrogen-bond donors (Lipinski definition) is 1. The van der Waals surface area contributed by atoms with Gasteiger partial charge < -0.3 is 19.7 Å². The number of carbonyl (C=O) groups is 3. The summed E-state index contributed by atoms with van der Waals surface area (Å²) < 4.78 is 32.9. The molecular weight excluding hydrogens is 576 g/mol. The fraction of sp³-hybridized carbons (Fsp3) is 0.257. The van der Waals surface area contributed by atoms with Crippen molar-refractivity contribution < 1.29 is 23.2 Å². The van der Waals surface area contributed by atoms with Crippen molar-refractivity contribution in [1.29, 1.82) is 0 Å². The van der Waals surface area contributed by atoms with Gasteiger partial charge in [-0.05, 0) is 56.3 Å². The predicted octanol–water partition coefficient (Wildman–Crippen LogP) is 6.62. The molecule has 4 aromatic rings. The summed E-state index contributed by atoms with van der Waals surface area (Å²) >= 11 is 0. The van der Waals surface area contributed by atoms with E-state index in [-0.39, 0.29) is 23.6 Å². The van der Waals surface area contributed by atoms with E-state index in [0.29, 0.717) is 42.1 Å². The van der Waals surface area contributed by atoms with Crippen LogP contribution in [0.5, 0.6) is 0 Å². The number of benzene rings is 3. The zero-order valence-corrected chi connectivity index (χ0v) is 25.5. The number of aromatic nitrogens is 2. The number of nitrogens with one attached hydrogen (secondary N) is 1. The number of nitrogens with zero attached hydrogens (tertiary/aromatic N) is 4. The van der Waals surface area contributed by atoms with Crippen molar-refractivity contribution in [2.45, 2.75) is 39.5 Å². The van der Waals surface area contributed by atoms with E-state index in [1.54, 1.807) is 74.6 Å². The molecule has 0 aliphatic carbocycles. The largest absolute Gasteiger partial charge is 0.340 e. The number of carbonyl (C=O) groups excluding carboxylic acids is 3. The standard InChI is InChI=1S/C35H35F2N5O3/c1-4-31-38-20-22-41(31)30-14-10-8-12-27(30)33(44)39-25-17-15-24(16-18-25)34(45)42-21-19-35(36,37)28(23-32(43)40(5-2)6-3)26-11-7-9-13-29(26)42/h7-18,20,22-23H,4-6,19,21H2,1-3H3,(H,39,44)/b28-23-. The second kappa shape index (κ2) is 13.3. The summed E-state index contributed by atoms with van der Waals surface area (Å²) in [5.41, 5.74) is 1.93. The number of para-hydroxylation sites is 2. The lowest BCUT2D eigenvalue weighted by atomic mass is 9.96. The van der Waals surface area contributed by atoms with Crippen molar-refractivity contribution in [3.8, 4) is 5.69 Å². The van der Waals surface area contributed by atoms with Crippen LogP contribution in [0.15, 0.2) is 91.3 Å². The van der Waals surface area contributed by atoms with Gasteiger partial charge in [-0.2, -0.15) is 0 Å². The Morgan fingerprint density at radius 3 is 2.29 bits per heavy atom. The SMILES string of the molecule is CCc1nccn1-c1ccccc1C(=O)Nc1ccc(C(=O)N2CCC(F)(F)/C(=C\C(=O)N(CC)CC)c3ccccc32)cc1. The summed E-state index contributed by atoms with van der Waals surface area (Å²) in [6.45, 7) is 6.11. The summed E-state index contributed by atoms with van der Waals surface area (Å²) in [7, 11) is 0. The summed E-state index contributed by atoms with van der Waals surface area (Å²) in [6.07, 6.45) is 4.56. The van der Waals surface area contributed by atoms with Crippen molar-refractivity contribution in [2.75, 3.05) is 29.9 Å². The zero-order chi connectivity index (χ0) is 32.1. The van der Waals surface area contributed by atoms with E-state index in [1.165, 1.54) is 15.9 Å². The highest BCUT2D eigenvalue weighted by molar-refractivity contribution is 6.10. The van der Waals surface area contributed by atoms with Crippen molar-refractivity contribution in [1.82, 2.24) is 14.5 Å². The lowest BCUT2D eigenvalue weighted by Gasteiger charge is -2.23. The smallest absolute Gasteiger partial charge is 0.275 e. The summed E-state index contributed by atoms with van der Waals surface area (Å²) in [4.78, 5) is 47.0. The van der Waals surface area contributed by atoms with E-state index < -0.39 is 29.7 Å². The van der Waals surface area contributed by atoms with Gasteiger partial charge in [0.2, 0.25) is 5.91 Å².